The molecule has 5 heteroatoms. The van der Waals surface area contributed by atoms with Crippen LogP contribution in [0.15, 0.2) is 30.3 Å². The molecule has 1 aromatic rings. The number of aliphatic hydroxyl groups excluding tert-OH is 1. The molecule has 0 aliphatic heterocycles. The first-order valence-electron chi connectivity index (χ1n) is 7.06. The largest absolute Gasteiger partial charge is 0.395 e. The molecule has 0 radical (unpaired) electrons. The minimum absolute atomic E-state index is 0.00877. The molecule has 0 saturated heterocycles. The van der Waals surface area contributed by atoms with Crippen LogP contribution >= 0.6 is 0 Å². The number of carbonyl (C=O) groups excluding carboxylic acids is 1. The van der Waals surface area contributed by atoms with E-state index in [2.05, 4.69) is 11.4 Å². The average Bonchev–Trinajstić information content (AvgIpc) is 2.47. The zero-order valence-corrected chi connectivity index (χ0v) is 12.8. The van der Waals surface area contributed by atoms with Crippen molar-refractivity contribution >= 4 is 11.6 Å². The second-order valence-electron chi connectivity index (χ2n) is 5.50. The van der Waals surface area contributed by atoms with Gasteiger partial charge in [-0.2, -0.15) is 5.26 Å². The molecule has 0 heterocycles. The van der Waals surface area contributed by atoms with Crippen LogP contribution in [0.25, 0.3) is 0 Å². The Balaban J connectivity index is 2.77. The number of benzene rings is 1. The van der Waals surface area contributed by atoms with Crippen LogP contribution in [0.2, 0.25) is 0 Å². The number of anilines is 1. The number of hydrogen-bond acceptors (Lipinski definition) is 4. The Hall–Kier alpha value is -2.06. The fraction of sp³-hybridized carbons (Fsp3) is 0.500. The van der Waals surface area contributed by atoms with Gasteiger partial charge in [-0.1, -0.05) is 32.0 Å². The summed E-state index contributed by atoms with van der Waals surface area (Å²) in [4.78, 5) is 14.0. The number of para-hydroxylation sites is 1. The lowest BCUT2D eigenvalue weighted by molar-refractivity contribution is -0.121. The first-order valence-corrected chi connectivity index (χ1v) is 7.06. The lowest BCUT2D eigenvalue weighted by atomic mass is 9.90. The van der Waals surface area contributed by atoms with Gasteiger partial charge in [0.05, 0.1) is 19.2 Å². The molecule has 1 amide bonds. The average molecular weight is 289 g/mol. The number of nitriles is 1. The number of nitrogens with one attached hydrogen (secondary N) is 1. The third kappa shape index (κ3) is 4.76. The lowest BCUT2D eigenvalue weighted by Crippen LogP contribution is -2.52. The summed E-state index contributed by atoms with van der Waals surface area (Å²) in [5.74, 6) is -0.223. The van der Waals surface area contributed by atoms with Crippen LogP contribution in [-0.4, -0.2) is 36.2 Å². The molecule has 1 atom stereocenters. The molecule has 0 saturated carbocycles. The highest BCUT2D eigenvalue weighted by Crippen LogP contribution is 2.16. The normalized spacial score (nSPS) is 13.3. The maximum absolute atomic E-state index is 12.2. The van der Waals surface area contributed by atoms with Crippen LogP contribution < -0.4 is 10.2 Å². The van der Waals surface area contributed by atoms with Gasteiger partial charge in [0.15, 0.2) is 0 Å². The Bertz CT molecular complexity index is 496. The summed E-state index contributed by atoms with van der Waals surface area (Å²) in [5, 5.41) is 21.2. The number of carbonyl (C=O) groups is 1. The molecule has 114 valence electrons. The molecule has 0 aromatic heterocycles. The van der Waals surface area contributed by atoms with Gasteiger partial charge in [-0.05, 0) is 25.0 Å². The van der Waals surface area contributed by atoms with Gasteiger partial charge < -0.3 is 15.3 Å². The van der Waals surface area contributed by atoms with E-state index in [-0.39, 0.29) is 25.0 Å². The Labute approximate surface area is 126 Å². The molecule has 0 spiro atoms. The molecule has 0 aliphatic carbocycles. The Morgan fingerprint density at radius 3 is 2.52 bits per heavy atom. The predicted octanol–water partition coefficient (Wildman–Crippen LogP) is 1.54. The van der Waals surface area contributed by atoms with E-state index in [4.69, 9.17) is 5.11 Å². The monoisotopic (exact) mass is 289 g/mol. The van der Waals surface area contributed by atoms with Gasteiger partial charge in [-0.3, -0.25) is 4.79 Å². The molecule has 0 bridgehead atoms. The second-order valence-corrected chi connectivity index (χ2v) is 5.50. The fourth-order valence-electron chi connectivity index (χ4n) is 1.86. The van der Waals surface area contributed by atoms with E-state index in [0.717, 1.165) is 5.69 Å². The van der Waals surface area contributed by atoms with Gasteiger partial charge in [0, 0.05) is 12.2 Å². The van der Waals surface area contributed by atoms with Crippen molar-refractivity contribution in [2.75, 3.05) is 24.6 Å². The summed E-state index contributed by atoms with van der Waals surface area (Å²) in [6, 6.07) is 11.6. The Morgan fingerprint density at radius 1 is 1.43 bits per heavy atom. The minimum atomic E-state index is -0.890. The number of hydrogen-bond donors (Lipinski definition) is 2. The number of nitrogens with zero attached hydrogens (tertiary/aromatic N) is 2. The highest BCUT2D eigenvalue weighted by atomic mass is 16.3. The van der Waals surface area contributed by atoms with Crippen molar-refractivity contribution in [3.8, 4) is 6.07 Å². The van der Waals surface area contributed by atoms with Crippen molar-refractivity contribution in [1.82, 2.24) is 5.32 Å². The van der Waals surface area contributed by atoms with Gasteiger partial charge in [0.1, 0.15) is 5.54 Å². The molecule has 2 N–H and O–H groups in total. The number of rotatable bonds is 7. The van der Waals surface area contributed by atoms with Gasteiger partial charge in [-0.25, -0.2) is 0 Å². The van der Waals surface area contributed by atoms with Crippen LogP contribution in [0.5, 0.6) is 0 Å². The number of aliphatic hydroxyl groups is 1. The first kappa shape index (κ1) is 17.0. The van der Waals surface area contributed by atoms with E-state index in [1.54, 1.807) is 11.8 Å². The topological polar surface area (TPSA) is 76.4 Å². The van der Waals surface area contributed by atoms with E-state index in [0.29, 0.717) is 6.54 Å². The van der Waals surface area contributed by atoms with Gasteiger partial charge in [-0.15, -0.1) is 0 Å². The first-order chi connectivity index (χ1) is 9.92. The molecular weight excluding hydrogens is 266 g/mol. The van der Waals surface area contributed by atoms with Crippen molar-refractivity contribution in [2.24, 2.45) is 5.92 Å². The third-order valence-corrected chi connectivity index (χ3v) is 3.61. The van der Waals surface area contributed by atoms with Crippen molar-refractivity contribution in [3.63, 3.8) is 0 Å². The zero-order chi connectivity index (χ0) is 15.9. The van der Waals surface area contributed by atoms with Crippen LogP contribution in [0.1, 0.15) is 20.8 Å². The van der Waals surface area contributed by atoms with Crippen molar-refractivity contribution < 1.29 is 9.90 Å². The summed E-state index contributed by atoms with van der Waals surface area (Å²) in [5.41, 5.74) is -0.0246. The van der Waals surface area contributed by atoms with Crippen LogP contribution in [-0.2, 0) is 4.79 Å². The highest BCUT2D eigenvalue weighted by molar-refractivity contribution is 5.82. The number of amides is 1. The van der Waals surface area contributed by atoms with Gasteiger partial charge in [0.25, 0.3) is 0 Å². The maximum Gasteiger partial charge on any atom is 0.240 e. The Morgan fingerprint density at radius 2 is 2.05 bits per heavy atom. The van der Waals surface area contributed by atoms with E-state index in [1.165, 1.54) is 0 Å². The van der Waals surface area contributed by atoms with Gasteiger partial charge >= 0.3 is 0 Å². The summed E-state index contributed by atoms with van der Waals surface area (Å²) >= 11 is 0. The molecule has 1 aromatic carbocycles. The highest BCUT2D eigenvalue weighted by Gasteiger charge is 2.30. The molecule has 1 rings (SSSR count). The summed E-state index contributed by atoms with van der Waals surface area (Å²) in [6.45, 7) is 5.94. The van der Waals surface area contributed by atoms with E-state index >= 15 is 0 Å². The van der Waals surface area contributed by atoms with Crippen molar-refractivity contribution in [3.05, 3.63) is 30.3 Å². The minimum Gasteiger partial charge on any atom is -0.395 e. The third-order valence-electron chi connectivity index (χ3n) is 3.61. The molecule has 21 heavy (non-hydrogen) atoms. The van der Waals surface area contributed by atoms with E-state index < -0.39 is 5.54 Å². The molecule has 0 fully saturated rings. The van der Waals surface area contributed by atoms with Crippen molar-refractivity contribution in [1.29, 1.82) is 5.26 Å². The van der Waals surface area contributed by atoms with Crippen LogP contribution in [0.4, 0.5) is 5.69 Å². The summed E-state index contributed by atoms with van der Waals surface area (Å²) < 4.78 is 0. The van der Waals surface area contributed by atoms with Crippen LogP contribution in [0, 0.1) is 17.2 Å². The van der Waals surface area contributed by atoms with Crippen LogP contribution in [0.3, 0.4) is 0 Å². The SMILES string of the molecule is CC(C)C(C)(C#N)NC(=O)CN(CCO)c1ccccc1. The fourth-order valence-corrected chi connectivity index (χ4v) is 1.86. The second kappa shape index (κ2) is 7.65. The Kier molecular flexibility index (Phi) is 6.19. The molecular formula is C16H23N3O2. The quantitative estimate of drug-likeness (QED) is 0.798. The molecule has 1 unspecified atom stereocenters. The summed E-state index contributed by atoms with van der Waals surface area (Å²) in [7, 11) is 0. The lowest BCUT2D eigenvalue weighted by Gasteiger charge is -2.30. The van der Waals surface area contributed by atoms with E-state index in [1.807, 2.05) is 44.2 Å². The molecule has 5 nitrogen and oxygen atoms in total. The maximum atomic E-state index is 12.2. The smallest absolute Gasteiger partial charge is 0.240 e. The van der Waals surface area contributed by atoms with Crippen molar-refractivity contribution in [2.45, 2.75) is 26.3 Å². The predicted molar refractivity (Wildman–Crippen MR) is 82.7 cm³/mol. The van der Waals surface area contributed by atoms with Gasteiger partial charge in [0.2, 0.25) is 5.91 Å². The summed E-state index contributed by atoms with van der Waals surface area (Å²) in [6.07, 6.45) is 0. The molecule has 0 aliphatic rings. The standard InChI is InChI=1S/C16H23N3O2/c1-13(2)16(3,12-17)18-15(21)11-19(9-10-20)14-7-5-4-6-8-14/h4-8,13,20H,9-11H2,1-3H3,(H,18,21). The van der Waals surface area contributed by atoms with E-state index in [9.17, 15) is 10.1 Å². The zero-order valence-electron chi connectivity index (χ0n) is 12.8.